The van der Waals surface area contributed by atoms with E-state index in [1.54, 1.807) is 0 Å². The number of aliphatic hydroxyl groups is 1. The monoisotopic (exact) mass is 198 g/mol. The van der Waals surface area contributed by atoms with Crippen LogP contribution in [0.2, 0.25) is 0 Å². The van der Waals surface area contributed by atoms with E-state index in [1.807, 2.05) is 4.90 Å². The zero-order chi connectivity index (χ0) is 9.97. The van der Waals surface area contributed by atoms with Crippen LogP contribution in [0.1, 0.15) is 19.3 Å². The summed E-state index contributed by atoms with van der Waals surface area (Å²) in [5.74, 6) is 0.842. The molecule has 1 saturated heterocycles. The van der Waals surface area contributed by atoms with Gasteiger partial charge in [0.1, 0.15) is 0 Å². The fraction of sp³-hybridized carbons (Fsp3) is 0.900. The Bertz CT molecular complexity index is 216. The van der Waals surface area contributed by atoms with E-state index in [1.165, 1.54) is 12.8 Å². The van der Waals surface area contributed by atoms with Crippen LogP contribution in [0, 0.1) is 5.92 Å². The SMILES string of the molecule is O=C(CN1CC[C@@H](O)C1)NCC1CC1. The molecular formula is C10H18N2O2. The summed E-state index contributed by atoms with van der Waals surface area (Å²) in [6.07, 6.45) is 3.10. The molecule has 2 N–H and O–H groups in total. The fourth-order valence-electron chi connectivity index (χ4n) is 1.79. The number of likely N-dealkylation sites (tertiary alicyclic amines) is 1. The van der Waals surface area contributed by atoms with Gasteiger partial charge in [0.05, 0.1) is 12.6 Å². The first-order valence-corrected chi connectivity index (χ1v) is 5.41. The highest BCUT2D eigenvalue weighted by Gasteiger charge is 2.24. The van der Waals surface area contributed by atoms with Gasteiger partial charge >= 0.3 is 0 Å². The van der Waals surface area contributed by atoms with Gasteiger partial charge in [0.15, 0.2) is 0 Å². The van der Waals surface area contributed by atoms with Crippen LogP contribution >= 0.6 is 0 Å². The highest BCUT2D eigenvalue weighted by molar-refractivity contribution is 5.78. The minimum Gasteiger partial charge on any atom is -0.392 e. The van der Waals surface area contributed by atoms with Crippen molar-refractivity contribution in [1.29, 1.82) is 0 Å². The van der Waals surface area contributed by atoms with Crippen LogP contribution in [0.15, 0.2) is 0 Å². The van der Waals surface area contributed by atoms with E-state index in [2.05, 4.69) is 5.32 Å². The van der Waals surface area contributed by atoms with E-state index in [9.17, 15) is 9.90 Å². The third-order valence-electron chi connectivity index (χ3n) is 2.90. The van der Waals surface area contributed by atoms with Crippen molar-refractivity contribution in [2.24, 2.45) is 5.92 Å². The minimum absolute atomic E-state index is 0.103. The average molecular weight is 198 g/mol. The lowest BCUT2D eigenvalue weighted by atomic mass is 10.3. The largest absolute Gasteiger partial charge is 0.392 e. The summed E-state index contributed by atoms with van der Waals surface area (Å²) < 4.78 is 0. The number of carbonyl (C=O) groups is 1. The molecule has 0 aromatic heterocycles. The normalized spacial score (nSPS) is 27.9. The Hall–Kier alpha value is -0.610. The molecule has 0 unspecified atom stereocenters. The topological polar surface area (TPSA) is 52.6 Å². The van der Waals surface area contributed by atoms with Crippen molar-refractivity contribution in [3.8, 4) is 0 Å². The van der Waals surface area contributed by atoms with Gasteiger partial charge in [-0.1, -0.05) is 0 Å². The third kappa shape index (κ3) is 2.96. The fourth-order valence-corrected chi connectivity index (χ4v) is 1.79. The molecule has 1 amide bonds. The second-order valence-electron chi connectivity index (χ2n) is 4.43. The Labute approximate surface area is 84.3 Å². The first-order chi connectivity index (χ1) is 6.74. The van der Waals surface area contributed by atoms with Crippen molar-refractivity contribution in [2.45, 2.75) is 25.4 Å². The summed E-state index contributed by atoms with van der Waals surface area (Å²) in [7, 11) is 0. The Kier molecular flexibility index (Phi) is 3.03. The molecule has 1 aliphatic carbocycles. The van der Waals surface area contributed by atoms with Crippen LogP contribution in [-0.4, -0.2) is 48.2 Å². The quantitative estimate of drug-likeness (QED) is 0.645. The van der Waals surface area contributed by atoms with E-state index >= 15 is 0 Å². The number of nitrogens with zero attached hydrogens (tertiary/aromatic N) is 1. The molecule has 14 heavy (non-hydrogen) atoms. The standard InChI is InChI=1S/C10H18N2O2/c13-9-3-4-12(6-9)7-10(14)11-5-8-1-2-8/h8-9,13H,1-7H2,(H,11,14)/t9-/m1/s1. The molecule has 1 atom stereocenters. The molecule has 80 valence electrons. The summed E-state index contributed by atoms with van der Waals surface area (Å²) in [6, 6.07) is 0. The average Bonchev–Trinajstić information content (AvgIpc) is 2.88. The summed E-state index contributed by atoms with van der Waals surface area (Å²) in [5, 5.41) is 12.2. The molecule has 2 aliphatic rings. The molecule has 1 heterocycles. The maximum atomic E-state index is 11.4. The van der Waals surface area contributed by atoms with Gasteiger partial charge in [-0.25, -0.2) is 0 Å². The van der Waals surface area contributed by atoms with Crippen LogP contribution < -0.4 is 5.32 Å². The molecular weight excluding hydrogens is 180 g/mol. The molecule has 0 aromatic carbocycles. The van der Waals surface area contributed by atoms with E-state index in [0.29, 0.717) is 13.1 Å². The van der Waals surface area contributed by atoms with Gasteiger partial charge in [0.2, 0.25) is 5.91 Å². The van der Waals surface area contributed by atoms with Gasteiger partial charge in [0, 0.05) is 19.6 Å². The predicted molar refractivity (Wildman–Crippen MR) is 52.8 cm³/mol. The number of carbonyl (C=O) groups excluding carboxylic acids is 1. The number of nitrogens with one attached hydrogen (secondary N) is 1. The molecule has 2 fully saturated rings. The highest BCUT2D eigenvalue weighted by atomic mass is 16.3. The predicted octanol–water partition coefficient (Wildman–Crippen LogP) is -0.421. The van der Waals surface area contributed by atoms with Crippen LogP contribution in [0.3, 0.4) is 0 Å². The Morgan fingerprint density at radius 3 is 2.79 bits per heavy atom. The molecule has 0 bridgehead atoms. The lowest BCUT2D eigenvalue weighted by Crippen LogP contribution is -2.37. The third-order valence-corrected chi connectivity index (χ3v) is 2.90. The van der Waals surface area contributed by atoms with Crippen molar-refractivity contribution in [1.82, 2.24) is 10.2 Å². The van der Waals surface area contributed by atoms with Crippen LogP contribution in [0.25, 0.3) is 0 Å². The van der Waals surface area contributed by atoms with Crippen molar-refractivity contribution in [3.63, 3.8) is 0 Å². The van der Waals surface area contributed by atoms with Gasteiger partial charge in [-0.05, 0) is 25.2 Å². The second-order valence-corrected chi connectivity index (χ2v) is 4.43. The zero-order valence-electron chi connectivity index (χ0n) is 8.41. The molecule has 4 nitrogen and oxygen atoms in total. The number of hydrogen-bond acceptors (Lipinski definition) is 3. The minimum atomic E-state index is -0.230. The van der Waals surface area contributed by atoms with Gasteiger partial charge in [0.25, 0.3) is 0 Å². The van der Waals surface area contributed by atoms with Crippen molar-refractivity contribution < 1.29 is 9.90 Å². The summed E-state index contributed by atoms with van der Waals surface area (Å²) in [4.78, 5) is 13.4. The number of hydrogen-bond donors (Lipinski definition) is 2. The maximum Gasteiger partial charge on any atom is 0.234 e. The van der Waals surface area contributed by atoms with Crippen molar-refractivity contribution in [2.75, 3.05) is 26.2 Å². The van der Waals surface area contributed by atoms with Crippen LogP contribution in [0.5, 0.6) is 0 Å². The summed E-state index contributed by atoms with van der Waals surface area (Å²) >= 11 is 0. The first-order valence-electron chi connectivity index (χ1n) is 5.41. The van der Waals surface area contributed by atoms with Crippen molar-refractivity contribution >= 4 is 5.91 Å². The summed E-state index contributed by atoms with van der Waals surface area (Å²) in [6.45, 7) is 2.79. The lowest BCUT2D eigenvalue weighted by Gasteiger charge is -2.14. The van der Waals surface area contributed by atoms with Gasteiger partial charge in [-0.15, -0.1) is 0 Å². The van der Waals surface area contributed by atoms with Gasteiger partial charge in [-0.2, -0.15) is 0 Å². The van der Waals surface area contributed by atoms with Gasteiger partial charge < -0.3 is 10.4 Å². The molecule has 0 radical (unpaired) electrons. The summed E-state index contributed by atoms with van der Waals surface area (Å²) in [5.41, 5.74) is 0. The van der Waals surface area contributed by atoms with E-state index in [4.69, 9.17) is 0 Å². The van der Waals surface area contributed by atoms with Crippen LogP contribution in [0.4, 0.5) is 0 Å². The molecule has 0 spiro atoms. The molecule has 4 heteroatoms. The van der Waals surface area contributed by atoms with E-state index in [0.717, 1.165) is 25.4 Å². The Morgan fingerprint density at radius 2 is 2.21 bits per heavy atom. The second kappa shape index (κ2) is 4.28. The first kappa shape index (κ1) is 9.93. The Morgan fingerprint density at radius 1 is 1.43 bits per heavy atom. The van der Waals surface area contributed by atoms with Crippen molar-refractivity contribution in [3.05, 3.63) is 0 Å². The molecule has 0 aromatic rings. The Balaban J connectivity index is 1.61. The molecule has 1 saturated carbocycles. The van der Waals surface area contributed by atoms with E-state index in [-0.39, 0.29) is 12.0 Å². The zero-order valence-corrected chi connectivity index (χ0v) is 8.41. The van der Waals surface area contributed by atoms with Gasteiger partial charge in [-0.3, -0.25) is 9.69 Å². The maximum absolute atomic E-state index is 11.4. The number of amides is 1. The van der Waals surface area contributed by atoms with Crippen LogP contribution in [-0.2, 0) is 4.79 Å². The van der Waals surface area contributed by atoms with E-state index < -0.39 is 0 Å². The number of rotatable bonds is 4. The molecule has 2 rings (SSSR count). The number of aliphatic hydroxyl groups excluding tert-OH is 1. The number of β-amino-alcohol motifs (C(OH)–C–C–N with tert-alkyl or cyclic N) is 1. The smallest absolute Gasteiger partial charge is 0.234 e. The highest BCUT2D eigenvalue weighted by Crippen LogP contribution is 2.27. The lowest BCUT2D eigenvalue weighted by molar-refractivity contribution is -0.122. The molecule has 1 aliphatic heterocycles.